The fraction of sp³-hybridized carbons (Fsp3) is 0.176. The van der Waals surface area contributed by atoms with Crippen molar-refractivity contribution < 1.29 is 14.2 Å². The first-order chi connectivity index (χ1) is 11.4. The summed E-state index contributed by atoms with van der Waals surface area (Å²) in [5, 5.41) is 18.4. The van der Waals surface area contributed by atoms with Crippen LogP contribution in [0, 0.1) is 12.7 Å². The number of rotatable bonds is 3. The number of nitrogens with zero attached hydrogens (tertiary/aromatic N) is 2. The van der Waals surface area contributed by atoms with Gasteiger partial charge in [-0.1, -0.05) is 19.0 Å². The molecule has 0 radical (unpaired) electrons. The SMILES string of the molecule is COc1ccc(B(C)O)cc1-c1cc(F)c2c(N)nnc(C)c2c1. The number of nitrogen functional groups attached to an aromatic ring is 1. The number of aromatic nitrogens is 2. The van der Waals surface area contributed by atoms with Crippen LogP contribution in [-0.2, 0) is 0 Å². The van der Waals surface area contributed by atoms with Crippen LogP contribution in [0.15, 0.2) is 30.3 Å². The van der Waals surface area contributed by atoms with Crippen LogP contribution in [0.3, 0.4) is 0 Å². The van der Waals surface area contributed by atoms with E-state index in [1.807, 2.05) is 6.07 Å². The first kappa shape index (κ1) is 16.2. The monoisotopic (exact) mass is 325 g/mol. The highest BCUT2D eigenvalue weighted by Gasteiger charge is 2.16. The molecule has 0 aliphatic carbocycles. The van der Waals surface area contributed by atoms with E-state index in [0.29, 0.717) is 28.0 Å². The lowest BCUT2D eigenvalue weighted by Gasteiger charge is -2.13. The molecule has 0 saturated carbocycles. The number of nitrogens with two attached hydrogens (primary N) is 1. The van der Waals surface area contributed by atoms with E-state index >= 15 is 0 Å². The molecule has 5 nitrogen and oxygen atoms in total. The van der Waals surface area contributed by atoms with Gasteiger partial charge in [0.1, 0.15) is 11.6 Å². The van der Waals surface area contributed by atoms with Gasteiger partial charge in [-0.05, 0) is 36.1 Å². The molecule has 0 saturated heterocycles. The highest BCUT2D eigenvalue weighted by molar-refractivity contribution is 6.64. The Kier molecular flexibility index (Phi) is 4.11. The first-order valence-corrected chi connectivity index (χ1v) is 7.50. The fourth-order valence-corrected chi connectivity index (χ4v) is 2.75. The number of ether oxygens (including phenoxy) is 1. The Morgan fingerprint density at radius 3 is 2.62 bits per heavy atom. The Morgan fingerprint density at radius 1 is 1.21 bits per heavy atom. The number of halogens is 1. The van der Waals surface area contributed by atoms with Gasteiger partial charge in [0.05, 0.1) is 18.2 Å². The molecule has 0 fully saturated rings. The average molecular weight is 325 g/mol. The molecular weight excluding hydrogens is 308 g/mol. The summed E-state index contributed by atoms with van der Waals surface area (Å²) in [6, 6.07) is 8.52. The normalized spacial score (nSPS) is 10.9. The summed E-state index contributed by atoms with van der Waals surface area (Å²) in [5.41, 5.74) is 8.38. The number of fused-ring (bicyclic) bond motifs is 1. The number of hydrogen-bond donors (Lipinski definition) is 2. The molecule has 7 heteroatoms. The van der Waals surface area contributed by atoms with E-state index in [1.165, 1.54) is 6.07 Å². The Balaban J connectivity index is 2.31. The standard InChI is InChI=1S/C17H17BFN3O2/c1-9-12-6-10(7-14(19)16(12)17(20)22-21-9)13-8-11(18(2)23)4-5-15(13)24-3/h4-8,23H,1-3H3,(H2,20,22). The lowest BCUT2D eigenvalue weighted by atomic mass is 9.64. The van der Waals surface area contributed by atoms with Crippen LogP contribution < -0.4 is 15.9 Å². The molecule has 0 bridgehead atoms. The maximum absolute atomic E-state index is 14.6. The van der Waals surface area contributed by atoms with Crippen molar-refractivity contribution in [2.75, 3.05) is 12.8 Å². The minimum Gasteiger partial charge on any atom is -0.496 e. The summed E-state index contributed by atoms with van der Waals surface area (Å²) in [7, 11) is 1.55. The quantitative estimate of drug-likeness (QED) is 0.721. The van der Waals surface area contributed by atoms with Crippen LogP contribution in [0.2, 0.25) is 6.82 Å². The molecule has 1 heterocycles. The molecule has 122 valence electrons. The van der Waals surface area contributed by atoms with Crippen molar-refractivity contribution in [1.82, 2.24) is 10.2 Å². The number of aryl methyl sites for hydroxylation is 1. The molecule has 0 aliphatic heterocycles. The summed E-state index contributed by atoms with van der Waals surface area (Å²) in [5.74, 6) is 0.178. The third kappa shape index (κ3) is 2.67. The van der Waals surface area contributed by atoms with E-state index in [-0.39, 0.29) is 11.2 Å². The summed E-state index contributed by atoms with van der Waals surface area (Å²) < 4.78 is 20.0. The highest BCUT2D eigenvalue weighted by Crippen LogP contribution is 2.34. The van der Waals surface area contributed by atoms with Crippen LogP contribution in [0.25, 0.3) is 21.9 Å². The highest BCUT2D eigenvalue weighted by atomic mass is 19.1. The van der Waals surface area contributed by atoms with Crippen molar-refractivity contribution in [3.8, 4) is 16.9 Å². The van der Waals surface area contributed by atoms with E-state index in [4.69, 9.17) is 10.5 Å². The lowest BCUT2D eigenvalue weighted by Crippen LogP contribution is -2.26. The van der Waals surface area contributed by atoms with Gasteiger partial charge in [0.25, 0.3) is 0 Å². The maximum Gasteiger partial charge on any atom is 0.320 e. The molecule has 3 aromatic rings. The number of methoxy groups -OCH3 is 1. The molecule has 1 aromatic heterocycles. The second-order valence-electron chi connectivity index (χ2n) is 5.69. The zero-order chi connectivity index (χ0) is 17.4. The van der Waals surface area contributed by atoms with E-state index in [0.717, 1.165) is 5.46 Å². The number of anilines is 1. The van der Waals surface area contributed by atoms with Crippen molar-refractivity contribution in [3.63, 3.8) is 0 Å². The second-order valence-corrected chi connectivity index (χ2v) is 5.69. The Hall–Kier alpha value is -2.67. The maximum atomic E-state index is 14.6. The van der Waals surface area contributed by atoms with E-state index in [9.17, 15) is 9.41 Å². The second kappa shape index (κ2) is 6.09. The molecule has 3 rings (SSSR count). The van der Waals surface area contributed by atoms with Gasteiger partial charge in [-0.25, -0.2) is 4.39 Å². The average Bonchev–Trinajstić information content (AvgIpc) is 2.57. The minimum absolute atomic E-state index is 0.0596. The third-order valence-corrected chi connectivity index (χ3v) is 4.06. The molecule has 0 unspecified atom stereocenters. The van der Waals surface area contributed by atoms with Gasteiger partial charge in [-0.15, -0.1) is 5.10 Å². The molecule has 0 spiro atoms. The van der Waals surface area contributed by atoms with E-state index in [1.54, 1.807) is 39.1 Å². The first-order valence-electron chi connectivity index (χ1n) is 7.50. The smallest absolute Gasteiger partial charge is 0.320 e. The van der Waals surface area contributed by atoms with Gasteiger partial charge in [-0.2, -0.15) is 5.10 Å². The third-order valence-electron chi connectivity index (χ3n) is 4.06. The van der Waals surface area contributed by atoms with Gasteiger partial charge < -0.3 is 15.5 Å². The van der Waals surface area contributed by atoms with Crippen molar-refractivity contribution in [3.05, 3.63) is 41.8 Å². The van der Waals surface area contributed by atoms with Gasteiger partial charge in [0, 0.05) is 10.9 Å². The predicted molar refractivity (Wildman–Crippen MR) is 94.1 cm³/mol. The fourth-order valence-electron chi connectivity index (χ4n) is 2.75. The molecule has 0 atom stereocenters. The lowest BCUT2D eigenvalue weighted by molar-refractivity contribution is 0.416. The summed E-state index contributed by atoms with van der Waals surface area (Å²) in [6.07, 6.45) is 0. The zero-order valence-electron chi connectivity index (χ0n) is 13.7. The summed E-state index contributed by atoms with van der Waals surface area (Å²) in [4.78, 5) is 0. The summed E-state index contributed by atoms with van der Waals surface area (Å²) in [6.45, 7) is 2.79. The van der Waals surface area contributed by atoms with Crippen LogP contribution in [0.1, 0.15) is 5.69 Å². The number of benzene rings is 2. The Labute approximate surface area is 139 Å². The Morgan fingerprint density at radius 2 is 1.96 bits per heavy atom. The molecule has 24 heavy (non-hydrogen) atoms. The van der Waals surface area contributed by atoms with Gasteiger partial charge >= 0.3 is 6.92 Å². The number of hydrogen-bond acceptors (Lipinski definition) is 5. The topological polar surface area (TPSA) is 81.3 Å². The van der Waals surface area contributed by atoms with Crippen LogP contribution in [0.5, 0.6) is 5.75 Å². The van der Waals surface area contributed by atoms with Crippen molar-refractivity contribution in [2.24, 2.45) is 0 Å². The molecule has 2 aromatic carbocycles. The van der Waals surface area contributed by atoms with Crippen molar-refractivity contribution >= 4 is 29.0 Å². The van der Waals surface area contributed by atoms with E-state index in [2.05, 4.69) is 10.2 Å². The van der Waals surface area contributed by atoms with Crippen molar-refractivity contribution in [1.29, 1.82) is 0 Å². The van der Waals surface area contributed by atoms with Crippen LogP contribution in [0.4, 0.5) is 10.2 Å². The Bertz CT molecular complexity index is 931. The molecule has 3 N–H and O–H groups in total. The van der Waals surface area contributed by atoms with Gasteiger partial charge in [0.2, 0.25) is 0 Å². The molecule has 0 amide bonds. The summed E-state index contributed by atoms with van der Waals surface area (Å²) >= 11 is 0. The zero-order valence-corrected chi connectivity index (χ0v) is 13.7. The molecular formula is C17H17BFN3O2. The van der Waals surface area contributed by atoms with E-state index < -0.39 is 12.7 Å². The van der Waals surface area contributed by atoms with Crippen LogP contribution in [-0.4, -0.2) is 29.2 Å². The van der Waals surface area contributed by atoms with Crippen molar-refractivity contribution in [2.45, 2.75) is 13.7 Å². The van der Waals surface area contributed by atoms with Crippen LogP contribution >= 0.6 is 0 Å². The minimum atomic E-state index is -0.636. The van der Waals surface area contributed by atoms with Gasteiger partial charge in [0.15, 0.2) is 5.82 Å². The predicted octanol–water partition coefficient (Wildman–Crippen LogP) is 2.16. The largest absolute Gasteiger partial charge is 0.496 e. The van der Waals surface area contributed by atoms with Gasteiger partial charge in [-0.3, -0.25) is 0 Å². The molecule has 0 aliphatic rings.